The Morgan fingerprint density at radius 2 is 1.75 bits per heavy atom. The lowest BCUT2D eigenvalue weighted by Crippen LogP contribution is -2.37. The Bertz CT molecular complexity index is 946. The van der Waals surface area contributed by atoms with Crippen molar-refractivity contribution in [1.29, 1.82) is 5.26 Å². The Balaban J connectivity index is 2.11. The molecule has 1 N–H and O–H groups in total. The molecule has 0 aliphatic carbocycles. The molecule has 0 fully saturated rings. The number of anilines is 2. The quantitative estimate of drug-likeness (QED) is 0.733. The molecule has 0 spiro atoms. The molecule has 28 heavy (non-hydrogen) atoms. The van der Waals surface area contributed by atoms with E-state index in [1.807, 2.05) is 19.9 Å². The monoisotopic (exact) mass is 401 g/mol. The van der Waals surface area contributed by atoms with Crippen molar-refractivity contribution in [3.8, 4) is 11.8 Å². The fourth-order valence-electron chi connectivity index (χ4n) is 2.49. The Kier molecular flexibility index (Phi) is 7.01. The van der Waals surface area contributed by atoms with E-state index < -0.39 is 15.9 Å². The van der Waals surface area contributed by atoms with Crippen molar-refractivity contribution in [2.45, 2.75) is 26.4 Å². The molecule has 2 aromatic carbocycles. The predicted molar refractivity (Wildman–Crippen MR) is 109 cm³/mol. The van der Waals surface area contributed by atoms with Crippen LogP contribution < -0.4 is 14.4 Å². The average Bonchev–Trinajstić information content (AvgIpc) is 2.61. The molecule has 0 saturated heterocycles. The zero-order valence-corrected chi connectivity index (χ0v) is 16.9. The van der Waals surface area contributed by atoms with Gasteiger partial charge in [-0.1, -0.05) is 12.1 Å². The van der Waals surface area contributed by atoms with E-state index in [9.17, 15) is 13.2 Å². The summed E-state index contributed by atoms with van der Waals surface area (Å²) in [7, 11) is -3.66. The summed E-state index contributed by atoms with van der Waals surface area (Å²) in [6.07, 6.45) is 1.34. The van der Waals surface area contributed by atoms with Crippen molar-refractivity contribution in [2.24, 2.45) is 0 Å². The van der Waals surface area contributed by atoms with Gasteiger partial charge < -0.3 is 10.1 Å². The molecular formula is C20H23N3O4S. The van der Waals surface area contributed by atoms with Crippen molar-refractivity contribution in [3.05, 3.63) is 54.1 Å². The maximum absolute atomic E-state index is 12.4. The lowest BCUT2D eigenvalue weighted by atomic mass is 10.1. The number of carbonyl (C=O) groups is 1. The number of benzene rings is 2. The van der Waals surface area contributed by atoms with Crippen LogP contribution in [0.15, 0.2) is 48.5 Å². The highest BCUT2D eigenvalue weighted by atomic mass is 32.2. The molecule has 7 nitrogen and oxygen atoms in total. The average molecular weight is 401 g/mol. The topological polar surface area (TPSA) is 99.5 Å². The van der Waals surface area contributed by atoms with E-state index in [4.69, 9.17) is 10.00 Å². The molecule has 0 aliphatic rings. The SMILES string of the molecule is CC(C)Oc1ccc(N(CC(=O)Nc2ccc(CC#N)cc2)S(C)(=O)=O)cc1. The van der Waals surface area contributed by atoms with Crippen molar-refractivity contribution in [1.82, 2.24) is 0 Å². The third-order valence-electron chi connectivity index (χ3n) is 3.70. The van der Waals surface area contributed by atoms with Crippen molar-refractivity contribution >= 4 is 27.3 Å². The molecule has 0 aliphatic heterocycles. The molecule has 0 heterocycles. The molecule has 2 aromatic rings. The first-order valence-corrected chi connectivity index (χ1v) is 10.5. The standard InChI is InChI=1S/C20H23N3O4S/c1-15(2)27-19-10-8-18(9-11-19)23(28(3,25)26)14-20(24)22-17-6-4-16(5-7-17)12-13-21/h4-11,15H,12,14H2,1-3H3,(H,22,24). The number of nitrogens with one attached hydrogen (secondary N) is 1. The van der Waals surface area contributed by atoms with Crippen LogP contribution >= 0.6 is 0 Å². The maximum atomic E-state index is 12.4. The molecular weight excluding hydrogens is 378 g/mol. The van der Waals surface area contributed by atoms with Gasteiger partial charge in [0.25, 0.3) is 0 Å². The summed E-state index contributed by atoms with van der Waals surface area (Å²) < 4.78 is 31.0. The molecule has 148 valence electrons. The number of amides is 1. The Hall–Kier alpha value is -3.05. The predicted octanol–water partition coefficient (Wildman–Crippen LogP) is 2.94. The van der Waals surface area contributed by atoms with E-state index in [1.165, 1.54) is 0 Å². The second kappa shape index (κ2) is 9.24. The van der Waals surface area contributed by atoms with Crippen LogP contribution in [-0.4, -0.2) is 33.2 Å². The van der Waals surface area contributed by atoms with Crippen molar-refractivity contribution in [2.75, 3.05) is 22.4 Å². The van der Waals surface area contributed by atoms with Crippen LogP contribution in [0.25, 0.3) is 0 Å². The zero-order valence-electron chi connectivity index (χ0n) is 16.0. The van der Waals surface area contributed by atoms with Crippen LogP contribution in [-0.2, 0) is 21.2 Å². The van der Waals surface area contributed by atoms with Crippen LogP contribution in [0.4, 0.5) is 11.4 Å². The van der Waals surface area contributed by atoms with Gasteiger partial charge in [0.1, 0.15) is 12.3 Å². The van der Waals surface area contributed by atoms with E-state index in [0.717, 1.165) is 16.1 Å². The van der Waals surface area contributed by atoms with Gasteiger partial charge in [-0.25, -0.2) is 8.42 Å². The molecule has 0 saturated carbocycles. The largest absolute Gasteiger partial charge is 0.491 e. The second-order valence-corrected chi connectivity index (χ2v) is 8.42. The summed E-state index contributed by atoms with van der Waals surface area (Å²) in [5, 5.41) is 11.4. The van der Waals surface area contributed by atoms with Crippen molar-refractivity contribution < 1.29 is 17.9 Å². The highest BCUT2D eigenvalue weighted by Crippen LogP contribution is 2.22. The number of rotatable bonds is 8. The molecule has 0 unspecified atom stereocenters. The number of carbonyl (C=O) groups excluding carboxylic acids is 1. The van der Waals surface area contributed by atoms with Crippen LogP contribution in [0.5, 0.6) is 5.75 Å². The van der Waals surface area contributed by atoms with Gasteiger partial charge in [0.15, 0.2) is 0 Å². The van der Waals surface area contributed by atoms with Crippen LogP contribution in [0.3, 0.4) is 0 Å². The highest BCUT2D eigenvalue weighted by molar-refractivity contribution is 7.92. The van der Waals surface area contributed by atoms with Crippen LogP contribution in [0.1, 0.15) is 19.4 Å². The first-order chi connectivity index (χ1) is 13.2. The minimum absolute atomic E-state index is 0.00202. The number of ether oxygens (including phenoxy) is 1. The van der Waals surface area contributed by atoms with Crippen LogP contribution in [0.2, 0.25) is 0 Å². The fourth-order valence-corrected chi connectivity index (χ4v) is 3.35. The second-order valence-electron chi connectivity index (χ2n) is 6.51. The number of nitriles is 1. The van der Waals surface area contributed by atoms with Crippen LogP contribution in [0, 0.1) is 11.3 Å². The number of nitrogens with zero attached hydrogens (tertiary/aromatic N) is 2. The Morgan fingerprint density at radius 1 is 1.14 bits per heavy atom. The summed E-state index contributed by atoms with van der Waals surface area (Å²) in [6.45, 7) is 3.44. The molecule has 0 aromatic heterocycles. The lowest BCUT2D eigenvalue weighted by molar-refractivity contribution is -0.114. The van der Waals surface area contributed by atoms with Gasteiger partial charge >= 0.3 is 0 Å². The fraction of sp³-hybridized carbons (Fsp3) is 0.300. The van der Waals surface area contributed by atoms with Gasteiger partial charge in [0, 0.05) is 5.69 Å². The smallest absolute Gasteiger partial charge is 0.245 e. The minimum Gasteiger partial charge on any atom is -0.491 e. The Labute approximate surface area is 165 Å². The van der Waals surface area contributed by atoms with Gasteiger partial charge in [-0.3, -0.25) is 9.10 Å². The summed E-state index contributed by atoms with van der Waals surface area (Å²) in [4.78, 5) is 12.4. The molecule has 8 heteroatoms. The molecule has 1 amide bonds. The maximum Gasteiger partial charge on any atom is 0.245 e. The van der Waals surface area contributed by atoms with E-state index in [0.29, 0.717) is 17.1 Å². The summed E-state index contributed by atoms with van der Waals surface area (Å²) in [5.74, 6) is 0.148. The minimum atomic E-state index is -3.66. The molecule has 0 atom stereocenters. The Morgan fingerprint density at radius 3 is 2.25 bits per heavy atom. The molecule has 0 bridgehead atoms. The number of hydrogen-bond donors (Lipinski definition) is 1. The number of sulfonamides is 1. The van der Waals surface area contributed by atoms with Gasteiger partial charge in [-0.15, -0.1) is 0 Å². The number of hydrogen-bond acceptors (Lipinski definition) is 5. The van der Waals surface area contributed by atoms with Gasteiger partial charge in [0.2, 0.25) is 15.9 Å². The zero-order chi connectivity index (χ0) is 20.7. The summed E-state index contributed by atoms with van der Waals surface area (Å²) >= 11 is 0. The van der Waals surface area contributed by atoms with E-state index in [-0.39, 0.29) is 19.1 Å². The molecule has 2 rings (SSSR count). The third kappa shape index (κ3) is 6.28. The first-order valence-electron chi connectivity index (χ1n) is 8.69. The lowest BCUT2D eigenvalue weighted by Gasteiger charge is -2.22. The van der Waals surface area contributed by atoms with Gasteiger partial charge in [0.05, 0.1) is 30.5 Å². The van der Waals surface area contributed by atoms with Gasteiger partial charge in [-0.05, 0) is 55.8 Å². The van der Waals surface area contributed by atoms with E-state index in [1.54, 1.807) is 48.5 Å². The summed E-state index contributed by atoms with van der Waals surface area (Å²) in [6, 6.07) is 15.4. The first kappa shape index (κ1) is 21.3. The van der Waals surface area contributed by atoms with Gasteiger partial charge in [-0.2, -0.15) is 5.26 Å². The van der Waals surface area contributed by atoms with E-state index in [2.05, 4.69) is 5.32 Å². The summed E-state index contributed by atoms with van der Waals surface area (Å²) in [5.41, 5.74) is 1.74. The van der Waals surface area contributed by atoms with Crippen molar-refractivity contribution in [3.63, 3.8) is 0 Å². The normalized spacial score (nSPS) is 11.0. The molecule has 0 radical (unpaired) electrons. The third-order valence-corrected chi connectivity index (χ3v) is 4.85. The highest BCUT2D eigenvalue weighted by Gasteiger charge is 2.21. The van der Waals surface area contributed by atoms with E-state index >= 15 is 0 Å².